The number of hydrogen-bond acceptors (Lipinski definition) is 7. The maximum absolute atomic E-state index is 12.6. The molecule has 1 aromatic heterocycles. The van der Waals surface area contributed by atoms with E-state index in [0.29, 0.717) is 23.7 Å². The minimum absolute atomic E-state index is 0.154. The lowest BCUT2D eigenvalue weighted by molar-refractivity contribution is -0.117. The van der Waals surface area contributed by atoms with Crippen LogP contribution in [0.4, 0.5) is 5.00 Å². The fourth-order valence-corrected chi connectivity index (χ4v) is 5.02. The number of aryl methyl sites for hydroxylation is 1. The van der Waals surface area contributed by atoms with Crippen molar-refractivity contribution in [3.8, 4) is 11.5 Å². The monoisotopic (exact) mass is 416 g/mol. The summed E-state index contributed by atoms with van der Waals surface area (Å²) in [5, 5.41) is 3.54. The second-order valence-corrected chi connectivity index (χ2v) is 8.30. The summed E-state index contributed by atoms with van der Waals surface area (Å²) in [6.07, 6.45) is 2.85. The molecule has 2 aliphatic rings. The first-order chi connectivity index (χ1) is 14.0. The summed E-state index contributed by atoms with van der Waals surface area (Å²) >= 11 is 1.49. The second-order valence-electron chi connectivity index (χ2n) is 7.19. The summed E-state index contributed by atoms with van der Waals surface area (Å²) in [7, 11) is 1.88. The molecule has 0 saturated heterocycles. The molecule has 0 fully saturated rings. The number of hydrogen-bond donors (Lipinski definition) is 1. The summed E-state index contributed by atoms with van der Waals surface area (Å²) in [6, 6.07) is 5.77. The number of ether oxygens (including phenoxy) is 3. The zero-order valence-electron chi connectivity index (χ0n) is 16.6. The van der Waals surface area contributed by atoms with E-state index in [-0.39, 0.29) is 25.2 Å². The Morgan fingerprint density at radius 2 is 2.07 bits per heavy atom. The number of benzene rings is 1. The van der Waals surface area contributed by atoms with Crippen molar-refractivity contribution in [1.29, 1.82) is 0 Å². The van der Waals surface area contributed by atoms with E-state index in [4.69, 9.17) is 14.2 Å². The van der Waals surface area contributed by atoms with Crippen LogP contribution in [-0.2, 0) is 28.9 Å². The van der Waals surface area contributed by atoms with E-state index in [2.05, 4.69) is 5.32 Å². The highest BCUT2D eigenvalue weighted by Gasteiger charge is 2.28. The largest absolute Gasteiger partial charge is 0.462 e. The van der Waals surface area contributed by atoms with Crippen LogP contribution in [0.5, 0.6) is 11.5 Å². The Balaban J connectivity index is 1.40. The van der Waals surface area contributed by atoms with Gasteiger partial charge in [0.15, 0.2) is 11.5 Å². The van der Waals surface area contributed by atoms with Gasteiger partial charge in [-0.1, -0.05) is 6.07 Å². The van der Waals surface area contributed by atoms with Gasteiger partial charge >= 0.3 is 5.97 Å². The lowest BCUT2D eigenvalue weighted by Crippen LogP contribution is -2.30. The molecule has 154 valence electrons. The average molecular weight is 416 g/mol. The van der Waals surface area contributed by atoms with Crippen LogP contribution in [0.2, 0.25) is 0 Å². The summed E-state index contributed by atoms with van der Waals surface area (Å²) in [4.78, 5) is 28.1. The molecule has 0 atom stereocenters. The Labute approximate surface area is 173 Å². The number of carbonyl (C=O) groups excluding carboxylic acids is 2. The second kappa shape index (κ2) is 8.42. The lowest BCUT2D eigenvalue weighted by atomic mass is 10.1. The Morgan fingerprint density at radius 3 is 2.90 bits per heavy atom. The predicted octanol–water partition coefficient (Wildman–Crippen LogP) is 3.21. The van der Waals surface area contributed by atoms with E-state index in [1.54, 1.807) is 6.92 Å². The molecule has 0 bridgehead atoms. The van der Waals surface area contributed by atoms with Gasteiger partial charge in [0.05, 0.1) is 18.7 Å². The van der Waals surface area contributed by atoms with E-state index >= 15 is 0 Å². The van der Waals surface area contributed by atoms with Crippen LogP contribution in [0, 0.1) is 0 Å². The van der Waals surface area contributed by atoms with Gasteiger partial charge in [0.1, 0.15) is 5.00 Å². The van der Waals surface area contributed by atoms with Gasteiger partial charge in [-0.05, 0) is 56.5 Å². The molecule has 0 unspecified atom stereocenters. The number of fused-ring (bicyclic) bond motifs is 2. The van der Waals surface area contributed by atoms with Gasteiger partial charge < -0.3 is 19.5 Å². The highest BCUT2D eigenvalue weighted by atomic mass is 32.1. The number of nitrogens with one attached hydrogen (secondary N) is 1. The Morgan fingerprint density at radius 1 is 1.24 bits per heavy atom. The van der Waals surface area contributed by atoms with Crippen LogP contribution in [0.3, 0.4) is 0 Å². The third kappa shape index (κ3) is 4.23. The number of anilines is 1. The van der Waals surface area contributed by atoms with Crippen LogP contribution in [0.15, 0.2) is 18.2 Å². The average Bonchev–Trinajstić information content (AvgIpc) is 3.36. The SMILES string of the molecule is CCOC(=O)c1c(NC(=O)CN(C)Cc2ccc3c(c2)OCO3)sc2c1CCC2. The normalized spacial score (nSPS) is 14.2. The van der Waals surface area contributed by atoms with Crippen molar-refractivity contribution in [2.75, 3.05) is 32.3 Å². The van der Waals surface area contributed by atoms with Crippen molar-refractivity contribution in [3.05, 3.63) is 39.8 Å². The number of amides is 1. The molecule has 7 nitrogen and oxygen atoms in total. The van der Waals surface area contributed by atoms with Crippen LogP contribution >= 0.6 is 11.3 Å². The smallest absolute Gasteiger partial charge is 0.341 e. The quantitative estimate of drug-likeness (QED) is 0.699. The predicted molar refractivity (Wildman–Crippen MR) is 110 cm³/mol. The molecule has 2 aromatic rings. The Kier molecular flexibility index (Phi) is 5.73. The van der Waals surface area contributed by atoms with E-state index < -0.39 is 0 Å². The van der Waals surface area contributed by atoms with Crippen LogP contribution in [-0.4, -0.2) is 43.8 Å². The first kappa shape index (κ1) is 19.7. The van der Waals surface area contributed by atoms with Gasteiger partial charge in [0.2, 0.25) is 12.7 Å². The van der Waals surface area contributed by atoms with Gasteiger partial charge in [-0.15, -0.1) is 11.3 Å². The van der Waals surface area contributed by atoms with Crippen molar-refractivity contribution >= 4 is 28.2 Å². The molecular weight excluding hydrogens is 392 g/mol. The molecule has 8 heteroatoms. The van der Waals surface area contributed by atoms with Crippen molar-refractivity contribution in [2.45, 2.75) is 32.7 Å². The van der Waals surface area contributed by atoms with E-state index in [1.807, 2.05) is 30.1 Å². The van der Waals surface area contributed by atoms with E-state index in [0.717, 1.165) is 41.9 Å². The van der Waals surface area contributed by atoms with E-state index in [9.17, 15) is 9.59 Å². The zero-order chi connectivity index (χ0) is 20.4. The third-order valence-electron chi connectivity index (χ3n) is 4.96. The standard InChI is InChI=1S/C21H24N2O5S/c1-3-26-21(25)19-14-5-4-6-17(14)29-20(19)22-18(24)11-23(2)10-13-7-8-15-16(9-13)28-12-27-15/h7-9H,3-6,10-12H2,1-2H3,(H,22,24). The highest BCUT2D eigenvalue weighted by molar-refractivity contribution is 7.17. The summed E-state index contributed by atoms with van der Waals surface area (Å²) in [5.41, 5.74) is 2.61. The van der Waals surface area contributed by atoms with Crippen molar-refractivity contribution in [3.63, 3.8) is 0 Å². The van der Waals surface area contributed by atoms with Crippen molar-refractivity contribution in [1.82, 2.24) is 4.90 Å². The van der Waals surface area contributed by atoms with Crippen LogP contribution in [0.25, 0.3) is 0 Å². The van der Waals surface area contributed by atoms with Crippen molar-refractivity contribution in [2.24, 2.45) is 0 Å². The molecular formula is C21H24N2O5S. The number of thiophene rings is 1. The number of nitrogens with zero attached hydrogens (tertiary/aromatic N) is 1. The molecule has 0 saturated carbocycles. The van der Waals surface area contributed by atoms with Crippen LogP contribution < -0.4 is 14.8 Å². The van der Waals surface area contributed by atoms with Gasteiger partial charge in [-0.3, -0.25) is 9.69 Å². The number of likely N-dealkylation sites (N-methyl/N-ethyl adjacent to an activating group) is 1. The summed E-state index contributed by atoms with van der Waals surface area (Å²) in [6.45, 7) is 3.14. The molecule has 2 heterocycles. The molecule has 1 N–H and O–H groups in total. The number of esters is 1. The Hall–Kier alpha value is -2.58. The zero-order valence-corrected chi connectivity index (χ0v) is 17.4. The van der Waals surface area contributed by atoms with Crippen molar-refractivity contribution < 1.29 is 23.8 Å². The molecule has 29 heavy (non-hydrogen) atoms. The van der Waals surface area contributed by atoms with Gasteiger partial charge in [-0.2, -0.15) is 0 Å². The first-order valence-corrected chi connectivity index (χ1v) is 10.6. The number of carbonyl (C=O) groups is 2. The fourth-order valence-electron chi connectivity index (χ4n) is 3.73. The molecule has 1 aliphatic carbocycles. The molecule has 0 radical (unpaired) electrons. The van der Waals surface area contributed by atoms with E-state index in [1.165, 1.54) is 16.2 Å². The molecule has 0 spiro atoms. The summed E-state index contributed by atoms with van der Waals surface area (Å²) in [5.74, 6) is 0.966. The molecule has 1 aliphatic heterocycles. The molecule has 1 amide bonds. The maximum atomic E-state index is 12.6. The third-order valence-corrected chi connectivity index (χ3v) is 6.16. The topological polar surface area (TPSA) is 77.1 Å². The maximum Gasteiger partial charge on any atom is 0.341 e. The highest BCUT2D eigenvalue weighted by Crippen LogP contribution is 2.39. The van der Waals surface area contributed by atoms with Gasteiger partial charge in [0.25, 0.3) is 0 Å². The lowest BCUT2D eigenvalue weighted by Gasteiger charge is -2.16. The molecule has 4 rings (SSSR count). The minimum Gasteiger partial charge on any atom is -0.462 e. The molecule has 1 aromatic carbocycles. The summed E-state index contributed by atoms with van der Waals surface area (Å²) < 4.78 is 15.9. The van der Waals surface area contributed by atoms with Crippen LogP contribution in [0.1, 0.15) is 39.7 Å². The minimum atomic E-state index is -0.351. The Bertz CT molecular complexity index is 939. The first-order valence-electron chi connectivity index (χ1n) is 9.73. The fraction of sp³-hybridized carbons (Fsp3) is 0.429. The van der Waals surface area contributed by atoms with Gasteiger partial charge in [-0.25, -0.2) is 4.79 Å². The van der Waals surface area contributed by atoms with Gasteiger partial charge in [0, 0.05) is 11.4 Å². The number of rotatable bonds is 7.